The van der Waals surface area contributed by atoms with Gasteiger partial charge in [-0.3, -0.25) is 0 Å². The van der Waals surface area contributed by atoms with Gasteiger partial charge >= 0.3 is 0 Å². The van der Waals surface area contributed by atoms with Gasteiger partial charge in [-0.05, 0) is 24.3 Å². The molecule has 0 bridgehead atoms. The summed E-state index contributed by atoms with van der Waals surface area (Å²) in [5, 5.41) is 3.45. The van der Waals surface area contributed by atoms with Gasteiger partial charge in [-0.15, -0.1) is 22.7 Å². The van der Waals surface area contributed by atoms with Gasteiger partial charge in [0, 0.05) is 42.4 Å². The number of rotatable bonds is 4. The van der Waals surface area contributed by atoms with Crippen molar-refractivity contribution in [3.8, 4) is 44.5 Å². The van der Waals surface area contributed by atoms with Gasteiger partial charge in [0.05, 0.1) is 21.6 Å². The van der Waals surface area contributed by atoms with E-state index in [1.807, 2.05) is 29.5 Å². The summed E-state index contributed by atoms with van der Waals surface area (Å²) in [6.07, 6.45) is 0. The van der Waals surface area contributed by atoms with Crippen molar-refractivity contribution in [3.63, 3.8) is 0 Å². The lowest BCUT2D eigenvalue weighted by Crippen LogP contribution is -1.96. The van der Waals surface area contributed by atoms with Crippen LogP contribution in [0.3, 0.4) is 0 Å². The van der Waals surface area contributed by atoms with Gasteiger partial charge in [-0.2, -0.15) is 0 Å². The van der Waals surface area contributed by atoms with E-state index in [1.165, 1.54) is 30.4 Å². The number of aromatic nitrogens is 3. The molecular formula is C35H21N3S2. The molecule has 188 valence electrons. The first-order valence-corrected chi connectivity index (χ1v) is 14.8. The minimum absolute atomic E-state index is 0.732. The molecule has 0 unspecified atom stereocenters. The predicted molar refractivity (Wildman–Crippen MR) is 170 cm³/mol. The van der Waals surface area contributed by atoms with Crippen LogP contribution in [0, 0.1) is 0 Å². The van der Waals surface area contributed by atoms with Crippen molar-refractivity contribution < 1.29 is 0 Å². The zero-order chi connectivity index (χ0) is 26.5. The fraction of sp³-hybridized carbons (Fsp3) is 0. The average molecular weight is 548 g/mol. The Labute approximate surface area is 239 Å². The Kier molecular flexibility index (Phi) is 5.50. The van der Waals surface area contributed by atoms with Crippen LogP contribution in [-0.2, 0) is 0 Å². The van der Waals surface area contributed by atoms with Crippen LogP contribution in [0.25, 0.3) is 74.9 Å². The van der Waals surface area contributed by atoms with Gasteiger partial charge in [0.25, 0.3) is 0 Å². The number of thiazole rings is 1. The standard InChI is InChI=1S/C35H21N3S2/c1-3-11-22(12-4-1)28-21-29(23-13-5-2-6-14-23)37-34(36-28)25-16-10-20-31-32(25)24-15-9-17-26(33(24)39-31)35-38-27-18-7-8-19-30(27)40-35/h1-21H. The lowest BCUT2D eigenvalue weighted by molar-refractivity contribution is 1.19. The molecule has 0 fully saturated rings. The maximum atomic E-state index is 5.13. The van der Waals surface area contributed by atoms with Gasteiger partial charge in [0.1, 0.15) is 5.01 Å². The van der Waals surface area contributed by atoms with Crippen LogP contribution < -0.4 is 0 Å². The summed E-state index contributed by atoms with van der Waals surface area (Å²) in [4.78, 5) is 15.2. The average Bonchev–Trinajstić information content (AvgIpc) is 3.63. The Morgan fingerprint density at radius 1 is 0.475 bits per heavy atom. The van der Waals surface area contributed by atoms with Crippen molar-refractivity contribution in [3.05, 3.63) is 127 Å². The number of para-hydroxylation sites is 1. The lowest BCUT2D eigenvalue weighted by atomic mass is 10.0. The second-order valence-corrected chi connectivity index (χ2v) is 11.7. The van der Waals surface area contributed by atoms with E-state index in [4.69, 9.17) is 15.0 Å². The molecule has 0 aliphatic rings. The normalized spacial score (nSPS) is 11.5. The SMILES string of the molecule is c1ccc(-c2cc(-c3ccccc3)nc(-c3cccc4sc5c(-c6nc7ccccc7s6)cccc5c34)n2)cc1. The fourth-order valence-electron chi connectivity index (χ4n) is 5.27. The van der Waals surface area contributed by atoms with Crippen LogP contribution in [0.4, 0.5) is 0 Å². The first-order chi connectivity index (χ1) is 19.8. The van der Waals surface area contributed by atoms with Crippen LogP contribution in [0.15, 0.2) is 127 Å². The van der Waals surface area contributed by atoms with Gasteiger partial charge in [-0.25, -0.2) is 15.0 Å². The van der Waals surface area contributed by atoms with Crippen molar-refractivity contribution in [1.29, 1.82) is 0 Å². The quantitative estimate of drug-likeness (QED) is 0.220. The van der Waals surface area contributed by atoms with Crippen molar-refractivity contribution in [2.75, 3.05) is 0 Å². The fourth-order valence-corrected chi connectivity index (χ4v) is 7.58. The molecule has 0 aliphatic heterocycles. The highest BCUT2D eigenvalue weighted by molar-refractivity contribution is 7.27. The van der Waals surface area contributed by atoms with E-state index in [9.17, 15) is 0 Å². The Bertz CT molecular complexity index is 2070. The van der Waals surface area contributed by atoms with Gasteiger partial charge in [-0.1, -0.05) is 103 Å². The Morgan fingerprint density at radius 3 is 1.82 bits per heavy atom. The molecule has 0 saturated carbocycles. The number of fused-ring (bicyclic) bond motifs is 4. The molecule has 0 aliphatic carbocycles. The Hall–Kier alpha value is -4.71. The molecule has 0 N–H and O–H groups in total. The highest BCUT2D eigenvalue weighted by Crippen LogP contribution is 2.44. The molecule has 0 spiro atoms. The third kappa shape index (κ3) is 3.90. The van der Waals surface area contributed by atoms with Crippen LogP contribution in [0.5, 0.6) is 0 Å². The number of thiophene rings is 1. The van der Waals surface area contributed by atoms with E-state index in [1.54, 1.807) is 11.3 Å². The number of nitrogens with zero attached hydrogens (tertiary/aromatic N) is 3. The van der Waals surface area contributed by atoms with Crippen LogP contribution >= 0.6 is 22.7 Å². The minimum atomic E-state index is 0.732. The molecule has 0 saturated heterocycles. The summed E-state index contributed by atoms with van der Waals surface area (Å²) in [6, 6.07) is 44.1. The molecule has 8 aromatic rings. The van der Waals surface area contributed by atoms with Crippen LogP contribution in [-0.4, -0.2) is 15.0 Å². The van der Waals surface area contributed by atoms with Gasteiger partial charge in [0.15, 0.2) is 5.82 Å². The van der Waals surface area contributed by atoms with Crippen LogP contribution in [0.2, 0.25) is 0 Å². The van der Waals surface area contributed by atoms with Crippen LogP contribution in [0.1, 0.15) is 0 Å². The Morgan fingerprint density at radius 2 is 1.10 bits per heavy atom. The maximum absolute atomic E-state index is 5.13. The molecule has 0 atom stereocenters. The first-order valence-electron chi connectivity index (χ1n) is 13.1. The molecule has 8 rings (SSSR count). The summed E-state index contributed by atoms with van der Waals surface area (Å²) in [5.74, 6) is 0.732. The summed E-state index contributed by atoms with van der Waals surface area (Å²) in [5.41, 5.74) is 7.23. The number of benzene rings is 5. The molecule has 3 heterocycles. The predicted octanol–water partition coefficient (Wildman–Crippen LogP) is 10.1. The van der Waals surface area contributed by atoms with Gasteiger partial charge in [0.2, 0.25) is 0 Å². The van der Waals surface area contributed by atoms with Crippen molar-refractivity contribution in [2.24, 2.45) is 0 Å². The van der Waals surface area contributed by atoms with E-state index in [-0.39, 0.29) is 0 Å². The first kappa shape index (κ1) is 23.2. The van der Waals surface area contributed by atoms with E-state index >= 15 is 0 Å². The highest BCUT2D eigenvalue weighted by atomic mass is 32.1. The second kappa shape index (κ2) is 9.49. The smallest absolute Gasteiger partial charge is 0.161 e. The third-order valence-electron chi connectivity index (χ3n) is 7.15. The minimum Gasteiger partial charge on any atom is -0.236 e. The molecular weight excluding hydrogens is 527 g/mol. The van der Waals surface area contributed by atoms with Crippen molar-refractivity contribution in [2.45, 2.75) is 0 Å². The zero-order valence-corrected chi connectivity index (χ0v) is 22.9. The maximum Gasteiger partial charge on any atom is 0.161 e. The largest absolute Gasteiger partial charge is 0.236 e. The second-order valence-electron chi connectivity index (χ2n) is 9.64. The molecule has 3 nitrogen and oxygen atoms in total. The molecule has 40 heavy (non-hydrogen) atoms. The van der Waals surface area contributed by atoms with E-state index < -0.39 is 0 Å². The third-order valence-corrected chi connectivity index (χ3v) is 9.43. The van der Waals surface area contributed by atoms with Gasteiger partial charge < -0.3 is 0 Å². The zero-order valence-electron chi connectivity index (χ0n) is 21.3. The molecule has 0 radical (unpaired) electrons. The molecule has 5 heteroatoms. The summed E-state index contributed by atoms with van der Waals surface area (Å²) in [6.45, 7) is 0. The summed E-state index contributed by atoms with van der Waals surface area (Å²) in [7, 11) is 0. The molecule has 0 amide bonds. The lowest BCUT2D eigenvalue weighted by Gasteiger charge is -2.10. The summed E-state index contributed by atoms with van der Waals surface area (Å²) >= 11 is 3.56. The summed E-state index contributed by atoms with van der Waals surface area (Å²) < 4.78 is 3.67. The monoisotopic (exact) mass is 547 g/mol. The highest BCUT2D eigenvalue weighted by Gasteiger charge is 2.18. The Balaban J connectivity index is 1.37. The molecule has 5 aromatic carbocycles. The number of hydrogen-bond acceptors (Lipinski definition) is 5. The molecule has 3 aromatic heterocycles. The number of hydrogen-bond donors (Lipinski definition) is 0. The van der Waals surface area contributed by atoms with E-state index in [0.29, 0.717) is 0 Å². The van der Waals surface area contributed by atoms with E-state index in [0.717, 1.165) is 44.4 Å². The van der Waals surface area contributed by atoms with E-state index in [2.05, 4.69) is 109 Å². The van der Waals surface area contributed by atoms with Crippen molar-refractivity contribution in [1.82, 2.24) is 15.0 Å². The topological polar surface area (TPSA) is 38.7 Å². The van der Waals surface area contributed by atoms with Crippen molar-refractivity contribution >= 4 is 53.1 Å².